The van der Waals surface area contributed by atoms with Gasteiger partial charge in [-0.2, -0.15) is 0 Å². The topological polar surface area (TPSA) is 51.2 Å². The van der Waals surface area contributed by atoms with Crippen molar-refractivity contribution in [1.29, 1.82) is 0 Å². The molecular formula is C23H37BN2O4. The first-order chi connectivity index (χ1) is 13.7. The summed E-state index contributed by atoms with van der Waals surface area (Å²) in [5.41, 5.74) is 0.975. The van der Waals surface area contributed by atoms with Gasteiger partial charge in [0.05, 0.1) is 11.2 Å². The lowest BCUT2D eigenvalue weighted by molar-refractivity contribution is 0.00578. The van der Waals surface area contributed by atoms with Crippen molar-refractivity contribution in [2.75, 3.05) is 18.0 Å². The van der Waals surface area contributed by atoms with Gasteiger partial charge in [-0.15, -0.1) is 0 Å². The average molecular weight is 416 g/mol. The Balaban J connectivity index is 1.69. The van der Waals surface area contributed by atoms with Gasteiger partial charge in [-0.05, 0) is 79.9 Å². The number of carbonyl (C=O) groups excluding carboxylic acids is 1. The number of nitrogens with zero attached hydrogens (tertiary/aromatic N) is 2. The van der Waals surface area contributed by atoms with Crippen LogP contribution in [0.2, 0.25) is 0 Å². The number of hydrogen-bond donors (Lipinski definition) is 0. The molecule has 0 aromatic heterocycles. The molecule has 0 unspecified atom stereocenters. The van der Waals surface area contributed by atoms with Crippen LogP contribution in [-0.4, -0.2) is 60.1 Å². The van der Waals surface area contributed by atoms with Crippen LogP contribution < -0.4 is 10.4 Å². The fourth-order valence-electron chi connectivity index (χ4n) is 4.09. The van der Waals surface area contributed by atoms with E-state index in [4.69, 9.17) is 14.0 Å². The number of hydrogen-bond acceptors (Lipinski definition) is 5. The summed E-state index contributed by atoms with van der Waals surface area (Å²) < 4.78 is 17.9. The Labute approximate surface area is 182 Å². The van der Waals surface area contributed by atoms with Crippen LogP contribution in [0.5, 0.6) is 0 Å². The number of ether oxygens (including phenoxy) is 1. The van der Waals surface area contributed by atoms with Crippen molar-refractivity contribution >= 4 is 24.4 Å². The summed E-state index contributed by atoms with van der Waals surface area (Å²) in [4.78, 5) is 16.7. The van der Waals surface area contributed by atoms with Gasteiger partial charge in [-0.3, -0.25) is 0 Å². The van der Waals surface area contributed by atoms with Crippen LogP contribution in [0, 0.1) is 0 Å². The average Bonchev–Trinajstić information content (AvgIpc) is 2.81. The summed E-state index contributed by atoms with van der Waals surface area (Å²) in [6.45, 7) is 19.5. The minimum absolute atomic E-state index is 0.184. The molecule has 1 aromatic rings. The molecule has 0 saturated carbocycles. The van der Waals surface area contributed by atoms with E-state index in [1.54, 1.807) is 0 Å². The maximum atomic E-state index is 12.5. The molecule has 2 fully saturated rings. The van der Waals surface area contributed by atoms with Crippen molar-refractivity contribution in [2.24, 2.45) is 0 Å². The van der Waals surface area contributed by atoms with E-state index in [2.05, 4.69) is 70.7 Å². The summed E-state index contributed by atoms with van der Waals surface area (Å²) in [7, 11) is -0.358. The zero-order chi connectivity index (χ0) is 22.5. The summed E-state index contributed by atoms with van der Waals surface area (Å²) >= 11 is 0. The van der Waals surface area contributed by atoms with Crippen LogP contribution in [0.25, 0.3) is 0 Å². The Morgan fingerprint density at radius 1 is 1.00 bits per heavy atom. The molecule has 1 amide bonds. The van der Waals surface area contributed by atoms with Gasteiger partial charge in [0, 0.05) is 30.9 Å². The standard InChI is InChI=1S/C23H37BN2O4/c1-16-14-25(20(27)28-21(3,4)5)15-17(2)26(16)19-12-10-18(11-13-19)24-29-22(6,7)23(8,9)30-24/h10-13,16-17H,14-15H2,1-9H3/t16-,17+. The fourth-order valence-corrected chi connectivity index (χ4v) is 4.09. The highest BCUT2D eigenvalue weighted by Gasteiger charge is 2.51. The van der Waals surface area contributed by atoms with Crippen molar-refractivity contribution < 1.29 is 18.8 Å². The Hall–Kier alpha value is -1.73. The summed E-state index contributed by atoms with van der Waals surface area (Å²) in [5.74, 6) is 0. The number of piperazine rings is 1. The predicted molar refractivity (Wildman–Crippen MR) is 121 cm³/mol. The van der Waals surface area contributed by atoms with E-state index in [9.17, 15) is 4.79 Å². The van der Waals surface area contributed by atoms with E-state index in [-0.39, 0.29) is 36.5 Å². The van der Waals surface area contributed by atoms with Gasteiger partial charge in [0.2, 0.25) is 0 Å². The molecule has 166 valence electrons. The second-order valence-electron chi connectivity index (χ2n) is 10.7. The van der Waals surface area contributed by atoms with E-state index in [0.717, 1.165) is 11.2 Å². The van der Waals surface area contributed by atoms with Crippen LogP contribution >= 0.6 is 0 Å². The molecule has 2 heterocycles. The van der Waals surface area contributed by atoms with E-state index >= 15 is 0 Å². The van der Waals surface area contributed by atoms with Crippen LogP contribution in [0.3, 0.4) is 0 Å². The zero-order valence-corrected chi connectivity index (χ0v) is 20.0. The smallest absolute Gasteiger partial charge is 0.444 e. The van der Waals surface area contributed by atoms with Crippen molar-refractivity contribution in [3.63, 3.8) is 0 Å². The number of amides is 1. The van der Waals surface area contributed by atoms with Crippen molar-refractivity contribution in [3.05, 3.63) is 24.3 Å². The van der Waals surface area contributed by atoms with Crippen molar-refractivity contribution in [1.82, 2.24) is 4.90 Å². The molecule has 6 nitrogen and oxygen atoms in total. The van der Waals surface area contributed by atoms with Crippen molar-refractivity contribution in [3.8, 4) is 0 Å². The maximum absolute atomic E-state index is 12.5. The molecule has 0 bridgehead atoms. The first-order valence-corrected chi connectivity index (χ1v) is 10.9. The molecule has 3 rings (SSSR count). The maximum Gasteiger partial charge on any atom is 0.494 e. The monoisotopic (exact) mass is 416 g/mol. The molecule has 30 heavy (non-hydrogen) atoms. The van der Waals surface area contributed by atoms with Crippen molar-refractivity contribution in [2.45, 2.75) is 91.2 Å². The lowest BCUT2D eigenvalue weighted by Crippen LogP contribution is -2.59. The van der Waals surface area contributed by atoms with Gasteiger partial charge in [-0.25, -0.2) is 4.79 Å². The second kappa shape index (κ2) is 7.76. The van der Waals surface area contributed by atoms with Gasteiger partial charge in [-0.1, -0.05) is 12.1 Å². The molecule has 7 heteroatoms. The highest BCUT2D eigenvalue weighted by atomic mass is 16.7. The molecule has 0 aliphatic carbocycles. The van der Waals surface area contributed by atoms with E-state index in [1.165, 1.54) is 0 Å². The quantitative estimate of drug-likeness (QED) is 0.687. The number of benzene rings is 1. The molecule has 1 aromatic carbocycles. The predicted octanol–water partition coefficient (Wildman–Crippen LogP) is 3.82. The highest BCUT2D eigenvalue weighted by Crippen LogP contribution is 2.36. The first-order valence-electron chi connectivity index (χ1n) is 10.9. The minimum Gasteiger partial charge on any atom is -0.444 e. The van der Waals surface area contributed by atoms with Gasteiger partial charge < -0.3 is 23.8 Å². The third-order valence-electron chi connectivity index (χ3n) is 6.29. The van der Waals surface area contributed by atoms with Crippen LogP contribution in [-0.2, 0) is 14.0 Å². The van der Waals surface area contributed by atoms with Gasteiger partial charge in [0.1, 0.15) is 5.60 Å². The molecule has 2 aliphatic heterocycles. The normalized spacial score (nSPS) is 26.1. The Morgan fingerprint density at radius 2 is 1.47 bits per heavy atom. The van der Waals surface area contributed by atoms with Gasteiger partial charge in [0.25, 0.3) is 0 Å². The van der Waals surface area contributed by atoms with Crippen LogP contribution in [0.15, 0.2) is 24.3 Å². The summed E-state index contributed by atoms with van der Waals surface area (Å²) in [6, 6.07) is 8.77. The molecule has 0 radical (unpaired) electrons. The minimum atomic E-state index is -0.482. The lowest BCUT2D eigenvalue weighted by atomic mass is 9.79. The van der Waals surface area contributed by atoms with Gasteiger partial charge >= 0.3 is 13.2 Å². The Morgan fingerprint density at radius 3 is 1.90 bits per heavy atom. The fraction of sp³-hybridized carbons (Fsp3) is 0.696. The molecule has 0 N–H and O–H groups in total. The zero-order valence-electron chi connectivity index (χ0n) is 20.0. The molecule has 2 saturated heterocycles. The molecule has 2 atom stereocenters. The van der Waals surface area contributed by atoms with E-state index in [0.29, 0.717) is 13.1 Å². The number of anilines is 1. The third kappa shape index (κ3) is 4.62. The molecule has 0 spiro atoms. The van der Waals surface area contributed by atoms with E-state index < -0.39 is 5.60 Å². The van der Waals surface area contributed by atoms with Gasteiger partial charge in [0.15, 0.2) is 0 Å². The van der Waals surface area contributed by atoms with Crippen LogP contribution in [0.1, 0.15) is 62.3 Å². The first kappa shape index (κ1) is 22.9. The SMILES string of the molecule is C[C@@H]1CN(C(=O)OC(C)(C)C)C[C@H](C)N1c1ccc(B2OC(C)(C)C(C)(C)O2)cc1. The number of carbonyl (C=O) groups is 1. The molecular weight excluding hydrogens is 379 g/mol. The molecule has 2 aliphatic rings. The Bertz CT molecular complexity index is 744. The lowest BCUT2D eigenvalue weighted by Gasteiger charge is -2.45. The second-order valence-corrected chi connectivity index (χ2v) is 10.7. The third-order valence-corrected chi connectivity index (χ3v) is 6.29. The largest absolute Gasteiger partial charge is 0.494 e. The summed E-state index contributed by atoms with van der Waals surface area (Å²) in [5, 5.41) is 0. The summed E-state index contributed by atoms with van der Waals surface area (Å²) in [6.07, 6.45) is -0.239. The van der Waals surface area contributed by atoms with Crippen LogP contribution in [0.4, 0.5) is 10.5 Å². The van der Waals surface area contributed by atoms with E-state index in [1.807, 2.05) is 25.7 Å². The number of rotatable bonds is 2. The Kier molecular flexibility index (Phi) is 5.93. The highest BCUT2D eigenvalue weighted by molar-refractivity contribution is 6.62.